The summed E-state index contributed by atoms with van der Waals surface area (Å²) in [6.45, 7) is 1.91. The van der Waals surface area contributed by atoms with Gasteiger partial charge in [0.1, 0.15) is 0 Å². The zero-order chi connectivity index (χ0) is 14.8. The molecule has 0 aliphatic heterocycles. The molecular weight excluding hydrogens is 264 g/mol. The van der Waals surface area contributed by atoms with Gasteiger partial charge in [-0.2, -0.15) is 5.10 Å². The first-order valence-electron chi connectivity index (χ1n) is 6.80. The van der Waals surface area contributed by atoms with Crippen LogP contribution in [0.25, 0.3) is 10.9 Å². The van der Waals surface area contributed by atoms with Gasteiger partial charge in [0.2, 0.25) is 0 Å². The van der Waals surface area contributed by atoms with Gasteiger partial charge in [-0.3, -0.25) is 14.5 Å². The van der Waals surface area contributed by atoms with Crippen LogP contribution < -0.4 is 5.32 Å². The SMILES string of the molecule is CC(NC(=O)c1nn(C)c2ccccc12)c1ccccn1. The van der Waals surface area contributed by atoms with E-state index in [9.17, 15) is 4.79 Å². The summed E-state index contributed by atoms with van der Waals surface area (Å²) in [6, 6.07) is 13.2. The lowest BCUT2D eigenvalue weighted by molar-refractivity contribution is 0.0935. The lowest BCUT2D eigenvalue weighted by Crippen LogP contribution is -2.27. The number of hydrogen-bond acceptors (Lipinski definition) is 3. The highest BCUT2D eigenvalue weighted by molar-refractivity contribution is 6.04. The maximum absolute atomic E-state index is 12.4. The van der Waals surface area contributed by atoms with Gasteiger partial charge in [0.15, 0.2) is 5.69 Å². The third kappa shape index (κ3) is 2.50. The Labute approximate surface area is 122 Å². The van der Waals surface area contributed by atoms with Crippen LogP contribution in [0.3, 0.4) is 0 Å². The minimum Gasteiger partial charge on any atom is -0.343 e. The van der Waals surface area contributed by atoms with Crippen molar-refractivity contribution in [1.82, 2.24) is 20.1 Å². The van der Waals surface area contributed by atoms with Crippen LogP contribution in [0, 0.1) is 0 Å². The van der Waals surface area contributed by atoms with Crippen molar-refractivity contribution in [2.75, 3.05) is 0 Å². The highest BCUT2D eigenvalue weighted by atomic mass is 16.2. The number of carbonyl (C=O) groups excluding carboxylic acids is 1. The molecule has 0 radical (unpaired) electrons. The molecule has 1 amide bonds. The Hall–Kier alpha value is -2.69. The molecule has 0 saturated carbocycles. The Balaban J connectivity index is 1.88. The van der Waals surface area contributed by atoms with E-state index < -0.39 is 0 Å². The molecule has 5 heteroatoms. The number of para-hydroxylation sites is 1. The second kappa shape index (κ2) is 5.36. The number of benzene rings is 1. The normalized spacial score (nSPS) is 12.3. The smallest absolute Gasteiger partial charge is 0.272 e. The van der Waals surface area contributed by atoms with Crippen molar-refractivity contribution in [2.45, 2.75) is 13.0 Å². The van der Waals surface area contributed by atoms with Gasteiger partial charge in [-0.15, -0.1) is 0 Å². The van der Waals surface area contributed by atoms with E-state index in [1.54, 1.807) is 10.9 Å². The number of aryl methyl sites for hydroxylation is 1. The van der Waals surface area contributed by atoms with Gasteiger partial charge in [-0.05, 0) is 25.1 Å². The fourth-order valence-electron chi connectivity index (χ4n) is 2.35. The molecule has 21 heavy (non-hydrogen) atoms. The second-order valence-electron chi connectivity index (χ2n) is 4.94. The minimum atomic E-state index is -0.190. The van der Waals surface area contributed by atoms with Crippen molar-refractivity contribution in [3.8, 4) is 0 Å². The Morgan fingerprint density at radius 1 is 1.19 bits per heavy atom. The number of hydrogen-bond donors (Lipinski definition) is 1. The zero-order valence-corrected chi connectivity index (χ0v) is 11.9. The van der Waals surface area contributed by atoms with Gasteiger partial charge in [0.05, 0.1) is 17.3 Å². The molecule has 1 N–H and O–H groups in total. The van der Waals surface area contributed by atoms with Gasteiger partial charge in [-0.25, -0.2) is 0 Å². The van der Waals surface area contributed by atoms with Crippen molar-refractivity contribution in [2.24, 2.45) is 7.05 Å². The first kappa shape index (κ1) is 13.3. The van der Waals surface area contributed by atoms with E-state index in [-0.39, 0.29) is 11.9 Å². The van der Waals surface area contributed by atoms with Gasteiger partial charge >= 0.3 is 0 Å². The summed E-state index contributed by atoms with van der Waals surface area (Å²) in [4.78, 5) is 16.7. The summed E-state index contributed by atoms with van der Waals surface area (Å²) >= 11 is 0. The number of rotatable bonds is 3. The predicted octanol–water partition coefficient (Wildman–Crippen LogP) is 2.46. The fraction of sp³-hybridized carbons (Fsp3) is 0.188. The molecule has 0 aliphatic rings. The van der Waals surface area contributed by atoms with E-state index in [0.717, 1.165) is 16.6 Å². The summed E-state index contributed by atoms with van der Waals surface area (Å²) < 4.78 is 1.72. The monoisotopic (exact) mass is 280 g/mol. The molecular formula is C16H16N4O. The van der Waals surface area contributed by atoms with Crippen LogP contribution in [0.2, 0.25) is 0 Å². The number of amides is 1. The Bertz CT molecular complexity index is 779. The molecule has 3 aromatic rings. The van der Waals surface area contributed by atoms with Crippen molar-refractivity contribution in [3.63, 3.8) is 0 Å². The molecule has 1 aromatic carbocycles. The number of fused-ring (bicyclic) bond motifs is 1. The average molecular weight is 280 g/mol. The lowest BCUT2D eigenvalue weighted by Gasteiger charge is -2.12. The number of aromatic nitrogens is 3. The van der Waals surface area contributed by atoms with E-state index in [1.165, 1.54) is 0 Å². The molecule has 0 bridgehead atoms. The van der Waals surface area contributed by atoms with Gasteiger partial charge in [-0.1, -0.05) is 24.3 Å². The van der Waals surface area contributed by atoms with Gasteiger partial charge < -0.3 is 5.32 Å². The van der Waals surface area contributed by atoms with E-state index in [0.29, 0.717) is 5.69 Å². The molecule has 106 valence electrons. The molecule has 0 aliphatic carbocycles. The molecule has 2 aromatic heterocycles. The second-order valence-corrected chi connectivity index (χ2v) is 4.94. The third-order valence-corrected chi connectivity index (χ3v) is 3.45. The van der Waals surface area contributed by atoms with E-state index in [4.69, 9.17) is 0 Å². The zero-order valence-electron chi connectivity index (χ0n) is 11.9. The number of nitrogens with one attached hydrogen (secondary N) is 1. The molecule has 0 spiro atoms. The number of nitrogens with zero attached hydrogens (tertiary/aromatic N) is 3. The largest absolute Gasteiger partial charge is 0.343 e. The summed E-state index contributed by atoms with van der Waals surface area (Å²) in [6.07, 6.45) is 1.72. The first-order chi connectivity index (χ1) is 10.2. The number of pyridine rings is 1. The van der Waals surface area contributed by atoms with Crippen LogP contribution in [0.4, 0.5) is 0 Å². The Kier molecular flexibility index (Phi) is 3.39. The Morgan fingerprint density at radius 2 is 1.95 bits per heavy atom. The molecule has 0 fully saturated rings. The lowest BCUT2D eigenvalue weighted by atomic mass is 10.1. The first-order valence-corrected chi connectivity index (χ1v) is 6.80. The summed E-state index contributed by atoms with van der Waals surface area (Å²) in [5, 5.41) is 8.11. The van der Waals surface area contributed by atoms with Crippen molar-refractivity contribution < 1.29 is 4.79 Å². The summed E-state index contributed by atoms with van der Waals surface area (Å²) in [5.74, 6) is -0.190. The molecule has 2 heterocycles. The van der Waals surface area contributed by atoms with Crippen LogP contribution in [0.15, 0.2) is 48.7 Å². The van der Waals surface area contributed by atoms with E-state index in [2.05, 4.69) is 15.4 Å². The van der Waals surface area contributed by atoms with Crippen LogP contribution in [-0.2, 0) is 7.05 Å². The minimum absolute atomic E-state index is 0.167. The van der Waals surface area contributed by atoms with Crippen molar-refractivity contribution in [3.05, 3.63) is 60.0 Å². The van der Waals surface area contributed by atoms with E-state index in [1.807, 2.05) is 56.4 Å². The van der Waals surface area contributed by atoms with Crippen LogP contribution >= 0.6 is 0 Å². The molecule has 1 unspecified atom stereocenters. The quantitative estimate of drug-likeness (QED) is 0.801. The summed E-state index contributed by atoms with van der Waals surface area (Å²) in [5.41, 5.74) is 2.20. The molecule has 5 nitrogen and oxygen atoms in total. The Morgan fingerprint density at radius 3 is 2.71 bits per heavy atom. The van der Waals surface area contributed by atoms with Crippen LogP contribution in [0.5, 0.6) is 0 Å². The fourth-order valence-corrected chi connectivity index (χ4v) is 2.35. The van der Waals surface area contributed by atoms with E-state index >= 15 is 0 Å². The number of carbonyl (C=O) groups is 1. The highest BCUT2D eigenvalue weighted by Gasteiger charge is 2.18. The standard InChI is InChI=1S/C16H16N4O/c1-11(13-8-5-6-10-17-13)18-16(21)15-12-7-3-4-9-14(12)20(2)19-15/h3-11H,1-2H3,(H,18,21). The molecule has 3 rings (SSSR count). The topological polar surface area (TPSA) is 59.8 Å². The van der Waals surface area contributed by atoms with Crippen LogP contribution in [0.1, 0.15) is 29.1 Å². The molecule has 0 saturated heterocycles. The van der Waals surface area contributed by atoms with Gasteiger partial charge in [0, 0.05) is 18.6 Å². The average Bonchev–Trinajstić information content (AvgIpc) is 2.86. The van der Waals surface area contributed by atoms with Crippen molar-refractivity contribution >= 4 is 16.8 Å². The van der Waals surface area contributed by atoms with Crippen LogP contribution in [-0.4, -0.2) is 20.7 Å². The van der Waals surface area contributed by atoms with Crippen molar-refractivity contribution in [1.29, 1.82) is 0 Å². The molecule has 1 atom stereocenters. The van der Waals surface area contributed by atoms with Gasteiger partial charge in [0.25, 0.3) is 5.91 Å². The predicted molar refractivity (Wildman–Crippen MR) is 80.8 cm³/mol. The maximum atomic E-state index is 12.4. The highest BCUT2D eigenvalue weighted by Crippen LogP contribution is 2.18. The third-order valence-electron chi connectivity index (χ3n) is 3.45. The summed E-state index contributed by atoms with van der Waals surface area (Å²) in [7, 11) is 1.83. The maximum Gasteiger partial charge on any atom is 0.272 e.